The number of nitrogens with zero attached hydrogens (tertiary/aromatic N) is 1. The van der Waals surface area contributed by atoms with E-state index in [1.807, 2.05) is 7.05 Å². The van der Waals surface area contributed by atoms with Gasteiger partial charge in [0.15, 0.2) is 0 Å². The highest BCUT2D eigenvalue weighted by Gasteiger charge is 2.10. The number of likely N-dealkylation sites (N-methyl/N-ethyl adjacent to an activating group) is 1. The van der Waals surface area contributed by atoms with Crippen molar-refractivity contribution in [3.63, 3.8) is 0 Å². The highest BCUT2D eigenvalue weighted by Crippen LogP contribution is 2.25. The molecule has 0 amide bonds. The fourth-order valence-corrected chi connectivity index (χ4v) is 2.07. The van der Waals surface area contributed by atoms with Crippen LogP contribution in [0.2, 0.25) is 0 Å². The van der Waals surface area contributed by atoms with E-state index in [1.54, 1.807) is 6.33 Å². The highest BCUT2D eigenvalue weighted by atomic mass is 14.9. The lowest BCUT2D eigenvalue weighted by Crippen LogP contribution is -2.11. The topological polar surface area (TPSA) is 40.7 Å². The first-order valence-corrected chi connectivity index (χ1v) is 5.97. The molecular weight excluding hydrogens is 210 g/mol. The number of imidazole rings is 1. The molecule has 0 radical (unpaired) electrons. The Kier molecular flexibility index (Phi) is 3.59. The van der Waals surface area contributed by atoms with Crippen LogP contribution in [0, 0.1) is 13.8 Å². The molecule has 2 N–H and O–H groups in total. The van der Waals surface area contributed by atoms with Crippen molar-refractivity contribution in [2.24, 2.45) is 0 Å². The average molecular weight is 229 g/mol. The maximum atomic E-state index is 4.45. The van der Waals surface area contributed by atoms with E-state index in [-0.39, 0.29) is 0 Å². The summed E-state index contributed by atoms with van der Waals surface area (Å²) < 4.78 is 0. The van der Waals surface area contributed by atoms with E-state index in [0.29, 0.717) is 0 Å². The summed E-state index contributed by atoms with van der Waals surface area (Å²) in [5.41, 5.74) is 6.08. The van der Waals surface area contributed by atoms with Gasteiger partial charge in [-0.1, -0.05) is 23.8 Å². The van der Waals surface area contributed by atoms with Crippen LogP contribution in [0.3, 0.4) is 0 Å². The van der Waals surface area contributed by atoms with Gasteiger partial charge >= 0.3 is 0 Å². The normalized spacial score (nSPS) is 10.8. The van der Waals surface area contributed by atoms with Crippen molar-refractivity contribution in [3.05, 3.63) is 41.3 Å². The van der Waals surface area contributed by atoms with Gasteiger partial charge in [-0.2, -0.15) is 0 Å². The summed E-state index contributed by atoms with van der Waals surface area (Å²) in [7, 11) is 1.97. The fraction of sp³-hybridized carbons (Fsp3) is 0.357. The molecule has 0 fully saturated rings. The second-order valence-electron chi connectivity index (χ2n) is 4.40. The summed E-state index contributed by atoms with van der Waals surface area (Å²) >= 11 is 0. The minimum atomic E-state index is 0.958. The number of H-pyrrole nitrogens is 1. The van der Waals surface area contributed by atoms with E-state index < -0.39 is 0 Å². The third-order valence-electron chi connectivity index (χ3n) is 2.98. The largest absolute Gasteiger partial charge is 0.348 e. The Hall–Kier alpha value is -1.61. The van der Waals surface area contributed by atoms with Gasteiger partial charge in [0.25, 0.3) is 0 Å². The number of benzene rings is 1. The van der Waals surface area contributed by atoms with Crippen molar-refractivity contribution >= 4 is 0 Å². The Labute approximate surface area is 102 Å². The van der Waals surface area contributed by atoms with Crippen LogP contribution in [0.25, 0.3) is 11.3 Å². The lowest BCUT2D eigenvalue weighted by Gasteiger charge is -2.07. The fourth-order valence-electron chi connectivity index (χ4n) is 2.07. The van der Waals surface area contributed by atoms with Crippen LogP contribution in [0.1, 0.15) is 16.8 Å². The summed E-state index contributed by atoms with van der Waals surface area (Å²) in [6.45, 7) is 5.21. The molecule has 3 nitrogen and oxygen atoms in total. The second-order valence-corrected chi connectivity index (χ2v) is 4.40. The lowest BCUT2D eigenvalue weighted by molar-refractivity contribution is 0.781. The smallest absolute Gasteiger partial charge is 0.0929 e. The molecule has 1 heterocycles. The first-order chi connectivity index (χ1) is 8.22. The summed E-state index contributed by atoms with van der Waals surface area (Å²) in [5.74, 6) is 0. The maximum Gasteiger partial charge on any atom is 0.0929 e. The van der Waals surface area contributed by atoms with E-state index in [2.05, 4.69) is 47.3 Å². The molecule has 0 aliphatic carbocycles. The Balaban J connectivity index is 2.35. The van der Waals surface area contributed by atoms with Crippen LogP contribution < -0.4 is 5.32 Å². The third-order valence-corrected chi connectivity index (χ3v) is 2.98. The molecule has 2 aromatic rings. The molecule has 0 aliphatic rings. The van der Waals surface area contributed by atoms with Crippen LogP contribution >= 0.6 is 0 Å². The maximum absolute atomic E-state index is 4.45. The lowest BCUT2D eigenvalue weighted by atomic mass is 10.0. The zero-order valence-corrected chi connectivity index (χ0v) is 10.7. The van der Waals surface area contributed by atoms with Crippen molar-refractivity contribution in [2.75, 3.05) is 13.6 Å². The van der Waals surface area contributed by atoms with Gasteiger partial charge in [0.2, 0.25) is 0 Å². The van der Waals surface area contributed by atoms with E-state index in [4.69, 9.17) is 0 Å². The molecule has 1 aromatic carbocycles. The molecule has 0 aliphatic heterocycles. The summed E-state index contributed by atoms with van der Waals surface area (Å²) in [4.78, 5) is 7.68. The summed E-state index contributed by atoms with van der Waals surface area (Å²) in [6.07, 6.45) is 2.75. The standard InChI is InChI=1S/C14H19N3/c1-10-4-5-12(11(2)8-10)14-13(6-7-15-3)16-9-17-14/h4-5,8-9,15H,6-7H2,1-3H3,(H,16,17). The molecular formula is C14H19N3. The molecule has 0 spiro atoms. The monoisotopic (exact) mass is 229 g/mol. The number of nitrogens with one attached hydrogen (secondary N) is 2. The van der Waals surface area contributed by atoms with Crippen LogP contribution in [-0.2, 0) is 6.42 Å². The molecule has 90 valence electrons. The third kappa shape index (κ3) is 2.56. The van der Waals surface area contributed by atoms with Crippen LogP contribution in [0.4, 0.5) is 0 Å². The predicted octanol–water partition coefficient (Wildman–Crippen LogP) is 2.46. The number of aromatic amines is 1. The Morgan fingerprint density at radius 1 is 1.29 bits per heavy atom. The number of aromatic nitrogens is 2. The van der Waals surface area contributed by atoms with Gasteiger partial charge in [-0.15, -0.1) is 0 Å². The van der Waals surface area contributed by atoms with E-state index in [1.165, 1.54) is 22.4 Å². The van der Waals surface area contributed by atoms with Gasteiger partial charge in [0, 0.05) is 24.2 Å². The van der Waals surface area contributed by atoms with Crippen molar-refractivity contribution in [1.29, 1.82) is 0 Å². The molecule has 0 unspecified atom stereocenters. The molecule has 0 bridgehead atoms. The SMILES string of the molecule is CNCCc1[nH]cnc1-c1ccc(C)cc1C. The molecule has 2 rings (SSSR count). The Morgan fingerprint density at radius 3 is 2.82 bits per heavy atom. The molecule has 3 heteroatoms. The molecule has 0 atom stereocenters. The van der Waals surface area contributed by atoms with E-state index >= 15 is 0 Å². The molecule has 0 saturated heterocycles. The van der Waals surface area contributed by atoms with Gasteiger partial charge < -0.3 is 10.3 Å². The highest BCUT2D eigenvalue weighted by molar-refractivity contribution is 5.66. The van der Waals surface area contributed by atoms with Crippen LogP contribution in [-0.4, -0.2) is 23.6 Å². The van der Waals surface area contributed by atoms with Gasteiger partial charge in [-0.05, 0) is 26.5 Å². The Bertz CT molecular complexity index is 500. The van der Waals surface area contributed by atoms with Crippen molar-refractivity contribution in [3.8, 4) is 11.3 Å². The minimum Gasteiger partial charge on any atom is -0.348 e. The van der Waals surface area contributed by atoms with Crippen LogP contribution in [0.5, 0.6) is 0 Å². The Morgan fingerprint density at radius 2 is 2.12 bits per heavy atom. The summed E-state index contributed by atoms with van der Waals surface area (Å²) in [6, 6.07) is 6.49. The van der Waals surface area contributed by atoms with Gasteiger partial charge in [0.1, 0.15) is 0 Å². The minimum absolute atomic E-state index is 0.958. The second kappa shape index (κ2) is 5.15. The number of hydrogen-bond acceptors (Lipinski definition) is 2. The van der Waals surface area contributed by atoms with Gasteiger partial charge in [-0.25, -0.2) is 4.98 Å². The van der Waals surface area contributed by atoms with Crippen molar-refractivity contribution in [1.82, 2.24) is 15.3 Å². The van der Waals surface area contributed by atoms with Gasteiger partial charge in [-0.3, -0.25) is 0 Å². The first kappa shape index (κ1) is 11.9. The molecule has 1 aromatic heterocycles. The van der Waals surface area contributed by atoms with Crippen molar-refractivity contribution in [2.45, 2.75) is 20.3 Å². The zero-order chi connectivity index (χ0) is 12.3. The quantitative estimate of drug-likeness (QED) is 0.845. The zero-order valence-electron chi connectivity index (χ0n) is 10.7. The van der Waals surface area contributed by atoms with Gasteiger partial charge in [0.05, 0.1) is 12.0 Å². The van der Waals surface area contributed by atoms with E-state index in [9.17, 15) is 0 Å². The first-order valence-electron chi connectivity index (χ1n) is 5.97. The molecule has 17 heavy (non-hydrogen) atoms. The number of aryl methyl sites for hydroxylation is 2. The van der Waals surface area contributed by atoms with Crippen LogP contribution in [0.15, 0.2) is 24.5 Å². The number of hydrogen-bond donors (Lipinski definition) is 2. The number of rotatable bonds is 4. The van der Waals surface area contributed by atoms with E-state index in [0.717, 1.165) is 18.7 Å². The molecule has 0 saturated carbocycles. The van der Waals surface area contributed by atoms with Crippen molar-refractivity contribution < 1.29 is 0 Å². The average Bonchev–Trinajstić information content (AvgIpc) is 2.74. The predicted molar refractivity (Wildman–Crippen MR) is 71.1 cm³/mol. The summed E-state index contributed by atoms with van der Waals surface area (Å²) in [5, 5.41) is 3.16.